The van der Waals surface area contributed by atoms with E-state index in [9.17, 15) is 24.5 Å². The van der Waals surface area contributed by atoms with Gasteiger partial charge in [0.1, 0.15) is 16.6 Å². The summed E-state index contributed by atoms with van der Waals surface area (Å²) < 4.78 is 5.82. The topological polar surface area (TPSA) is 127 Å². The highest BCUT2D eigenvalue weighted by Gasteiger charge is 2.47. The fourth-order valence-electron chi connectivity index (χ4n) is 5.71. The van der Waals surface area contributed by atoms with Crippen LogP contribution in [0.4, 0.5) is 11.4 Å². The largest absolute Gasteiger partial charge is 0.436 e. The Hall–Kier alpha value is -4.57. The third-order valence-electron chi connectivity index (χ3n) is 7.72. The Labute approximate surface area is 239 Å². The first kappa shape index (κ1) is 26.6. The number of rotatable bonds is 6. The number of benzene rings is 3. The van der Waals surface area contributed by atoms with Gasteiger partial charge in [-0.25, -0.2) is 9.88 Å². The highest BCUT2D eigenvalue weighted by atomic mass is 35.5. The van der Waals surface area contributed by atoms with E-state index in [0.717, 1.165) is 35.7 Å². The van der Waals surface area contributed by atoms with Gasteiger partial charge in [-0.2, -0.15) is 0 Å². The van der Waals surface area contributed by atoms with Crippen molar-refractivity contribution in [3.63, 3.8) is 0 Å². The third-order valence-corrected chi connectivity index (χ3v) is 8.04. The summed E-state index contributed by atoms with van der Waals surface area (Å²) in [5.41, 5.74) is 2.09. The van der Waals surface area contributed by atoms with Crippen molar-refractivity contribution in [2.45, 2.75) is 50.6 Å². The Bertz CT molecular complexity index is 1650. The van der Waals surface area contributed by atoms with Crippen LogP contribution in [0.3, 0.4) is 0 Å². The molecule has 10 nitrogen and oxygen atoms in total. The van der Waals surface area contributed by atoms with Crippen LogP contribution in [0.1, 0.15) is 48.9 Å². The minimum absolute atomic E-state index is 0.0491. The molecule has 3 aromatic carbocycles. The van der Waals surface area contributed by atoms with Crippen molar-refractivity contribution in [2.75, 3.05) is 4.90 Å². The molecule has 2 aliphatic rings. The number of hydrogen-bond acceptors (Lipinski definition) is 7. The molecule has 2 heterocycles. The number of hydrogen-bond donors (Lipinski definition) is 0. The number of carbonyl (C=O) groups is 3. The zero-order valence-corrected chi connectivity index (χ0v) is 22.6. The number of halogens is 1. The van der Waals surface area contributed by atoms with Crippen molar-refractivity contribution in [1.29, 1.82) is 0 Å². The number of nitro benzene ring substituents is 1. The zero-order chi connectivity index (χ0) is 28.7. The number of carbonyl (C=O) groups excluding carboxylic acids is 3. The Morgan fingerprint density at radius 2 is 1.76 bits per heavy atom. The summed E-state index contributed by atoms with van der Waals surface area (Å²) in [6.45, 7) is 0. The fraction of sp³-hybridized carbons (Fsp3) is 0.267. The molecule has 0 spiro atoms. The van der Waals surface area contributed by atoms with E-state index in [2.05, 4.69) is 4.98 Å². The van der Waals surface area contributed by atoms with Crippen LogP contribution in [0.5, 0.6) is 0 Å². The first-order valence-corrected chi connectivity index (χ1v) is 13.8. The number of aromatic nitrogens is 1. The molecule has 41 heavy (non-hydrogen) atoms. The average Bonchev–Trinajstić information content (AvgIpc) is 3.54. The lowest BCUT2D eigenvalue weighted by atomic mass is 9.92. The van der Waals surface area contributed by atoms with Gasteiger partial charge < -0.3 is 9.32 Å². The zero-order valence-electron chi connectivity index (χ0n) is 21.9. The third kappa shape index (κ3) is 4.95. The molecule has 3 amide bonds. The van der Waals surface area contributed by atoms with Crippen LogP contribution < -0.4 is 4.90 Å². The highest BCUT2D eigenvalue weighted by molar-refractivity contribution is 6.32. The number of amides is 3. The Morgan fingerprint density at radius 3 is 2.46 bits per heavy atom. The lowest BCUT2D eigenvalue weighted by molar-refractivity contribution is -0.384. The van der Waals surface area contributed by atoms with E-state index in [1.54, 1.807) is 24.3 Å². The molecule has 0 radical (unpaired) electrons. The van der Waals surface area contributed by atoms with E-state index in [1.165, 1.54) is 17.0 Å². The van der Waals surface area contributed by atoms with Gasteiger partial charge in [0.15, 0.2) is 5.58 Å². The SMILES string of the molecule is O=C1CC(N(C(=O)c2ccc(Cl)c([N+](=O)[O-])c2)C2CCCCC2)C(=O)N1c1ccc(-c2nc3ccccc3o2)cc1. The second-order valence-corrected chi connectivity index (χ2v) is 10.7. The summed E-state index contributed by atoms with van der Waals surface area (Å²) in [7, 11) is 0. The van der Waals surface area contributed by atoms with Gasteiger partial charge in [-0.3, -0.25) is 24.5 Å². The summed E-state index contributed by atoms with van der Waals surface area (Å²) in [6, 6.07) is 16.7. The van der Waals surface area contributed by atoms with Gasteiger partial charge in [0.2, 0.25) is 11.8 Å². The van der Waals surface area contributed by atoms with Crippen LogP contribution in [-0.4, -0.2) is 44.6 Å². The van der Waals surface area contributed by atoms with E-state index >= 15 is 0 Å². The van der Waals surface area contributed by atoms with Gasteiger partial charge in [0.05, 0.1) is 17.0 Å². The average molecular weight is 573 g/mol. The lowest BCUT2D eigenvalue weighted by Gasteiger charge is -2.37. The van der Waals surface area contributed by atoms with Gasteiger partial charge in [0, 0.05) is 23.2 Å². The van der Waals surface area contributed by atoms with Crippen molar-refractivity contribution in [2.24, 2.45) is 0 Å². The molecule has 0 N–H and O–H groups in total. The molecule has 1 aromatic heterocycles. The van der Waals surface area contributed by atoms with E-state index < -0.39 is 34.4 Å². The molecule has 6 rings (SSSR count). The van der Waals surface area contributed by atoms with Crippen molar-refractivity contribution in [3.05, 3.63) is 87.4 Å². The molecule has 1 unspecified atom stereocenters. The van der Waals surface area contributed by atoms with Crippen LogP contribution in [0.25, 0.3) is 22.6 Å². The van der Waals surface area contributed by atoms with Crippen molar-refractivity contribution in [3.8, 4) is 11.5 Å². The van der Waals surface area contributed by atoms with E-state index in [1.807, 2.05) is 24.3 Å². The van der Waals surface area contributed by atoms with Crippen LogP contribution in [0.2, 0.25) is 5.02 Å². The quantitative estimate of drug-likeness (QED) is 0.154. The number of nitrogens with zero attached hydrogens (tertiary/aromatic N) is 4. The predicted molar refractivity (Wildman–Crippen MR) is 151 cm³/mol. The Kier molecular flexibility index (Phi) is 7.00. The summed E-state index contributed by atoms with van der Waals surface area (Å²) in [6.07, 6.45) is 3.96. The highest BCUT2D eigenvalue weighted by Crippen LogP contribution is 2.34. The number of fused-ring (bicyclic) bond motifs is 1. The second-order valence-electron chi connectivity index (χ2n) is 10.2. The van der Waals surface area contributed by atoms with Gasteiger partial charge in [-0.05, 0) is 61.4 Å². The number of oxazole rings is 1. The molecule has 1 aliphatic heterocycles. The molecule has 1 aliphatic carbocycles. The molecule has 1 atom stereocenters. The minimum atomic E-state index is -1.02. The summed E-state index contributed by atoms with van der Waals surface area (Å²) in [4.78, 5) is 58.7. The standard InChI is InChI=1S/C30H25ClN4O6/c31-22-15-12-19(16-24(22)35(39)40)29(37)33(20-6-2-1-3-7-20)25-17-27(36)34(30(25)38)21-13-10-18(11-14-21)28-32-23-8-4-5-9-26(23)41-28/h4-5,8-16,20,25H,1-3,6-7,17H2. The van der Waals surface area contributed by atoms with Gasteiger partial charge in [-0.15, -0.1) is 0 Å². The number of anilines is 1. The Morgan fingerprint density at radius 1 is 1.02 bits per heavy atom. The second kappa shape index (κ2) is 10.8. The number of imide groups is 1. The Balaban J connectivity index is 1.30. The molecular formula is C30H25ClN4O6. The van der Waals surface area contributed by atoms with E-state index in [0.29, 0.717) is 35.6 Å². The molecule has 1 saturated heterocycles. The molecule has 0 bridgehead atoms. The molecule has 11 heteroatoms. The monoisotopic (exact) mass is 572 g/mol. The normalized spacial score (nSPS) is 17.8. The predicted octanol–water partition coefficient (Wildman–Crippen LogP) is 6.16. The molecule has 4 aromatic rings. The smallest absolute Gasteiger partial charge is 0.288 e. The van der Waals surface area contributed by atoms with Crippen LogP contribution in [0, 0.1) is 10.1 Å². The van der Waals surface area contributed by atoms with Crippen LogP contribution in [-0.2, 0) is 9.59 Å². The molecule has 2 fully saturated rings. The van der Waals surface area contributed by atoms with Crippen LogP contribution in [0.15, 0.2) is 71.1 Å². The van der Waals surface area contributed by atoms with Gasteiger partial charge >= 0.3 is 0 Å². The van der Waals surface area contributed by atoms with E-state index in [4.69, 9.17) is 16.0 Å². The first-order chi connectivity index (χ1) is 19.8. The summed E-state index contributed by atoms with van der Waals surface area (Å²) in [5.74, 6) is -1.05. The maximum Gasteiger partial charge on any atom is 0.288 e. The summed E-state index contributed by atoms with van der Waals surface area (Å²) in [5, 5.41) is 11.4. The van der Waals surface area contributed by atoms with Crippen molar-refractivity contribution < 1.29 is 23.7 Å². The van der Waals surface area contributed by atoms with Gasteiger partial charge in [-0.1, -0.05) is 43.0 Å². The molecular weight excluding hydrogens is 548 g/mol. The molecule has 1 saturated carbocycles. The number of para-hydroxylation sites is 2. The minimum Gasteiger partial charge on any atom is -0.436 e. The lowest BCUT2D eigenvalue weighted by Crippen LogP contribution is -2.51. The number of nitro groups is 1. The maximum atomic E-state index is 13.8. The fourth-order valence-corrected chi connectivity index (χ4v) is 5.90. The summed E-state index contributed by atoms with van der Waals surface area (Å²) >= 11 is 5.97. The van der Waals surface area contributed by atoms with Gasteiger partial charge in [0.25, 0.3) is 17.5 Å². The van der Waals surface area contributed by atoms with Crippen molar-refractivity contribution >= 4 is 51.8 Å². The van der Waals surface area contributed by atoms with Crippen molar-refractivity contribution in [1.82, 2.24) is 9.88 Å². The first-order valence-electron chi connectivity index (χ1n) is 13.4. The maximum absolute atomic E-state index is 13.8. The van der Waals surface area contributed by atoms with Crippen LogP contribution >= 0.6 is 11.6 Å². The van der Waals surface area contributed by atoms with E-state index in [-0.39, 0.29) is 23.0 Å². The molecule has 208 valence electrons.